The molecule has 0 fully saturated rings. The lowest BCUT2D eigenvalue weighted by Gasteiger charge is -2.06. The summed E-state index contributed by atoms with van der Waals surface area (Å²) in [6.45, 7) is 0.135. The number of nitrogens with one attached hydrogen (secondary N) is 1. The highest BCUT2D eigenvalue weighted by Gasteiger charge is 2.07. The minimum Gasteiger partial charge on any atom is -0.351 e. The van der Waals surface area contributed by atoms with Gasteiger partial charge >= 0.3 is 6.03 Å². The quantitative estimate of drug-likeness (QED) is 0.808. The number of imide groups is 1. The van der Waals surface area contributed by atoms with Crippen LogP contribution >= 0.6 is 0 Å². The molecule has 1 aromatic carbocycles. The minimum atomic E-state index is -0.908. The molecule has 2 aromatic rings. The molecule has 0 bridgehead atoms. The predicted octanol–water partition coefficient (Wildman–Crippen LogP) is -0.0185. The van der Waals surface area contributed by atoms with Gasteiger partial charge in [0, 0.05) is 13.0 Å². The molecule has 1 heterocycles. The van der Waals surface area contributed by atoms with E-state index in [0.717, 1.165) is 0 Å². The zero-order valence-corrected chi connectivity index (χ0v) is 10.00. The fourth-order valence-corrected chi connectivity index (χ4v) is 1.69. The van der Waals surface area contributed by atoms with Crippen LogP contribution in [0.4, 0.5) is 4.79 Å². The lowest BCUT2D eigenvalue weighted by Crippen LogP contribution is -2.36. The molecule has 3 N–H and O–H groups in total. The molecule has 0 aliphatic rings. The van der Waals surface area contributed by atoms with Gasteiger partial charge < -0.3 is 5.73 Å². The van der Waals surface area contributed by atoms with E-state index in [1.807, 2.05) is 5.32 Å². The van der Waals surface area contributed by atoms with Crippen molar-refractivity contribution in [1.29, 1.82) is 0 Å². The van der Waals surface area contributed by atoms with Crippen molar-refractivity contribution in [1.82, 2.24) is 14.9 Å². The second-order valence-electron chi connectivity index (χ2n) is 3.92. The van der Waals surface area contributed by atoms with Gasteiger partial charge in [0.1, 0.15) is 0 Å². The number of carbonyl (C=O) groups is 2. The van der Waals surface area contributed by atoms with Gasteiger partial charge in [-0.1, -0.05) is 12.1 Å². The summed E-state index contributed by atoms with van der Waals surface area (Å²) in [4.78, 5) is 37.9. The molecule has 98 valence electrons. The third kappa shape index (κ3) is 2.95. The van der Waals surface area contributed by atoms with Gasteiger partial charge in [-0.05, 0) is 12.1 Å². The SMILES string of the molecule is NC(=O)NC(=O)CCn1cnc2ccccc2c1=O. The Labute approximate surface area is 108 Å². The number of fused-ring (bicyclic) bond motifs is 1. The van der Waals surface area contributed by atoms with E-state index in [-0.39, 0.29) is 18.5 Å². The summed E-state index contributed by atoms with van der Waals surface area (Å²) in [5.74, 6) is -0.535. The molecule has 0 unspecified atom stereocenters. The zero-order chi connectivity index (χ0) is 13.8. The van der Waals surface area contributed by atoms with Gasteiger partial charge in [0.2, 0.25) is 5.91 Å². The molecule has 3 amide bonds. The van der Waals surface area contributed by atoms with Crippen molar-refractivity contribution in [3.05, 3.63) is 40.9 Å². The van der Waals surface area contributed by atoms with E-state index in [1.54, 1.807) is 24.3 Å². The first-order valence-electron chi connectivity index (χ1n) is 5.61. The van der Waals surface area contributed by atoms with Crippen LogP contribution < -0.4 is 16.6 Å². The number of benzene rings is 1. The number of urea groups is 1. The molecular formula is C12H12N4O3. The fourth-order valence-electron chi connectivity index (χ4n) is 1.69. The maximum Gasteiger partial charge on any atom is 0.318 e. The summed E-state index contributed by atoms with van der Waals surface area (Å²) in [5.41, 5.74) is 5.19. The van der Waals surface area contributed by atoms with E-state index in [1.165, 1.54) is 10.9 Å². The van der Waals surface area contributed by atoms with E-state index in [2.05, 4.69) is 4.98 Å². The van der Waals surface area contributed by atoms with Crippen molar-refractivity contribution in [2.45, 2.75) is 13.0 Å². The second-order valence-corrected chi connectivity index (χ2v) is 3.92. The van der Waals surface area contributed by atoms with Crippen LogP contribution in [0.5, 0.6) is 0 Å². The third-order valence-corrected chi connectivity index (χ3v) is 2.57. The van der Waals surface area contributed by atoms with Gasteiger partial charge in [-0.15, -0.1) is 0 Å². The molecule has 0 atom stereocenters. The van der Waals surface area contributed by atoms with Gasteiger partial charge in [0.25, 0.3) is 5.56 Å². The summed E-state index contributed by atoms with van der Waals surface area (Å²) in [6, 6.07) is 6.04. The molecular weight excluding hydrogens is 248 g/mol. The van der Waals surface area contributed by atoms with E-state index >= 15 is 0 Å². The molecule has 7 nitrogen and oxygen atoms in total. The van der Waals surface area contributed by atoms with Crippen LogP contribution in [-0.4, -0.2) is 21.5 Å². The number of rotatable bonds is 3. The number of aromatic nitrogens is 2. The number of amides is 3. The van der Waals surface area contributed by atoms with Crippen molar-refractivity contribution in [2.75, 3.05) is 0 Å². The molecule has 0 saturated carbocycles. The number of nitrogens with zero attached hydrogens (tertiary/aromatic N) is 2. The Balaban J connectivity index is 2.18. The van der Waals surface area contributed by atoms with Crippen molar-refractivity contribution in [3.63, 3.8) is 0 Å². The van der Waals surface area contributed by atoms with Crippen molar-refractivity contribution >= 4 is 22.8 Å². The largest absolute Gasteiger partial charge is 0.351 e. The Morgan fingerprint density at radius 1 is 1.32 bits per heavy atom. The molecule has 1 aromatic heterocycles. The van der Waals surface area contributed by atoms with Crippen LogP contribution in [0.15, 0.2) is 35.4 Å². The molecule has 7 heteroatoms. The Kier molecular flexibility index (Phi) is 3.56. The summed E-state index contributed by atoms with van der Waals surface area (Å²) in [6.07, 6.45) is 1.35. The molecule has 0 radical (unpaired) electrons. The maximum absolute atomic E-state index is 12.1. The van der Waals surface area contributed by atoms with Gasteiger partial charge in [-0.3, -0.25) is 19.5 Å². The molecule has 0 aliphatic heterocycles. The van der Waals surface area contributed by atoms with Crippen molar-refractivity contribution < 1.29 is 9.59 Å². The molecule has 19 heavy (non-hydrogen) atoms. The molecule has 0 saturated heterocycles. The highest BCUT2D eigenvalue weighted by atomic mass is 16.2. The zero-order valence-electron chi connectivity index (χ0n) is 10.00. The number of hydrogen-bond acceptors (Lipinski definition) is 4. The first kappa shape index (κ1) is 12.7. The van der Waals surface area contributed by atoms with Crippen LogP contribution in [0.1, 0.15) is 6.42 Å². The van der Waals surface area contributed by atoms with E-state index < -0.39 is 11.9 Å². The lowest BCUT2D eigenvalue weighted by atomic mass is 10.2. The fraction of sp³-hybridized carbons (Fsp3) is 0.167. The number of nitrogens with two attached hydrogens (primary N) is 1. The topological polar surface area (TPSA) is 107 Å². The van der Waals surface area contributed by atoms with Crippen molar-refractivity contribution in [2.24, 2.45) is 5.73 Å². The molecule has 0 spiro atoms. The highest BCUT2D eigenvalue weighted by Crippen LogP contribution is 2.04. The minimum absolute atomic E-state index is 0.0249. The first-order valence-corrected chi connectivity index (χ1v) is 5.61. The van der Waals surface area contributed by atoms with Crippen LogP contribution in [-0.2, 0) is 11.3 Å². The number of carbonyl (C=O) groups excluding carboxylic acids is 2. The Morgan fingerprint density at radius 3 is 2.79 bits per heavy atom. The van der Waals surface area contributed by atoms with Gasteiger partial charge in [0.15, 0.2) is 0 Å². The number of hydrogen-bond donors (Lipinski definition) is 2. The lowest BCUT2D eigenvalue weighted by molar-refractivity contribution is -0.120. The van der Waals surface area contributed by atoms with Crippen LogP contribution in [0, 0.1) is 0 Å². The Bertz CT molecular complexity index is 693. The van der Waals surface area contributed by atoms with Gasteiger partial charge in [0.05, 0.1) is 17.2 Å². The summed E-state index contributed by atoms with van der Waals surface area (Å²) in [7, 11) is 0. The Morgan fingerprint density at radius 2 is 2.05 bits per heavy atom. The third-order valence-electron chi connectivity index (χ3n) is 2.57. The van der Waals surface area contributed by atoms with Crippen LogP contribution in [0.3, 0.4) is 0 Å². The van der Waals surface area contributed by atoms with Crippen LogP contribution in [0.2, 0.25) is 0 Å². The summed E-state index contributed by atoms with van der Waals surface area (Å²) >= 11 is 0. The number of aryl methyl sites for hydroxylation is 1. The number of para-hydroxylation sites is 1. The van der Waals surface area contributed by atoms with Gasteiger partial charge in [-0.25, -0.2) is 9.78 Å². The smallest absolute Gasteiger partial charge is 0.318 e. The Hall–Kier alpha value is -2.70. The number of primary amides is 1. The summed E-state index contributed by atoms with van der Waals surface area (Å²) < 4.78 is 1.32. The first-order chi connectivity index (χ1) is 9.08. The molecule has 0 aliphatic carbocycles. The average molecular weight is 260 g/mol. The molecule has 2 rings (SSSR count). The standard InChI is InChI=1S/C12H12N4O3/c13-12(19)15-10(17)5-6-16-7-14-9-4-2-1-3-8(9)11(16)18/h1-4,7H,5-6H2,(H3,13,15,17,19). The van der Waals surface area contributed by atoms with E-state index in [0.29, 0.717) is 10.9 Å². The average Bonchev–Trinajstić information content (AvgIpc) is 2.37. The van der Waals surface area contributed by atoms with E-state index in [9.17, 15) is 14.4 Å². The highest BCUT2D eigenvalue weighted by molar-refractivity contribution is 5.93. The normalized spacial score (nSPS) is 10.3. The second kappa shape index (κ2) is 5.30. The van der Waals surface area contributed by atoms with Crippen molar-refractivity contribution in [3.8, 4) is 0 Å². The summed E-state index contributed by atoms with van der Waals surface area (Å²) in [5, 5.41) is 2.42. The maximum atomic E-state index is 12.1. The predicted molar refractivity (Wildman–Crippen MR) is 68.3 cm³/mol. The van der Waals surface area contributed by atoms with Crippen LogP contribution in [0.25, 0.3) is 10.9 Å². The van der Waals surface area contributed by atoms with Gasteiger partial charge in [-0.2, -0.15) is 0 Å². The monoisotopic (exact) mass is 260 g/mol. The van der Waals surface area contributed by atoms with E-state index in [4.69, 9.17) is 5.73 Å².